The summed E-state index contributed by atoms with van der Waals surface area (Å²) in [6, 6.07) is 0.663. The van der Waals surface area contributed by atoms with Gasteiger partial charge in [-0.25, -0.2) is 0 Å². The maximum Gasteiger partial charge on any atom is 0.0218 e. The van der Waals surface area contributed by atoms with Gasteiger partial charge < -0.3 is 5.73 Å². The van der Waals surface area contributed by atoms with Crippen molar-refractivity contribution in [2.75, 3.05) is 19.6 Å². The molecule has 0 radical (unpaired) electrons. The number of nitrogens with two attached hydrogens (primary N) is 1. The molecule has 1 fully saturated rings. The minimum Gasteiger partial charge on any atom is -0.329 e. The van der Waals surface area contributed by atoms with Crippen molar-refractivity contribution in [3.05, 3.63) is 0 Å². The SMILES string of the molecule is CC(C)CCN1CCCCCC1CN. The molecule has 2 nitrogen and oxygen atoms in total. The van der Waals surface area contributed by atoms with Crippen molar-refractivity contribution in [1.82, 2.24) is 4.90 Å². The van der Waals surface area contributed by atoms with E-state index in [-0.39, 0.29) is 0 Å². The van der Waals surface area contributed by atoms with Crippen LogP contribution < -0.4 is 5.73 Å². The van der Waals surface area contributed by atoms with Crippen LogP contribution in [0, 0.1) is 5.92 Å². The van der Waals surface area contributed by atoms with Crippen LogP contribution in [-0.2, 0) is 0 Å². The van der Waals surface area contributed by atoms with Crippen LogP contribution in [-0.4, -0.2) is 30.6 Å². The molecule has 0 aliphatic carbocycles. The molecule has 1 rings (SSSR count). The predicted octanol–water partition coefficient (Wildman–Crippen LogP) is 2.24. The van der Waals surface area contributed by atoms with Gasteiger partial charge in [-0.15, -0.1) is 0 Å². The van der Waals surface area contributed by atoms with Gasteiger partial charge in [-0.1, -0.05) is 26.7 Å². The summed E-state index contributed by atoms with van der Waals surface area (Å²) >= 11 is 0. The Labute approximate surface area is 88.8 Å². The first-order valence-electron chi connectivity index (χ1n) is 6.18. The van der Waals surface area contributed by atoms with Crippen molar-refractivity contribution in [3.63, 3.8) is 0 Å². The zero-order valence-corrected chi connectivity index (χ0v) is 9.84. The molecule has 1 unspecified atom stereocenters. The van der Waals surface area contributed by atoms with Gasteiger partial charge in [0.1, 0.15) is 0 Å². The monoisotopic (exact) mass is 198 g/mol. The molecule has 0 aromatic heterocycles. The lowest BCUT2D eigenvalue weighted by atomic mass is 10.1. The van der Waals surface area contributed by atoms with Crippen molar-refractivity contribution >= 4 is 0 Å². The fraction of sp³-hybridized carbons (Fsp3) is 1.00. The fourth-order valence-electron chi connectivity index (χ4n) is 2.22. The lowest BCUT2D eigenvalue weighted by Gasteiger charge is -2.29. The van der Waals surface area contributed by atoms with E-state index in [0.717, 1.165) is 12.5 Å². The van der Waals surface area contributed by atoms with Crippen molar-refractivity contribution < 1.29 is 0 Å². The number of likely N-dealkylation sites (tertiary alicyclic amines) is 1. The van der Waals surface area contributed by atoms with Gasteiger partial charge in [0.05, 0.1) is 0 Å². The van der Waals surface area contributed by atoms with E-state index in [1.165, 1.54) is 45.2 Å². The topological polar surface area (TPSA) is 29.3 Å². The van der Waals surface area contributed by atoms with Crippen LogP contribution in [0.15, 0.2) is 0 Å². The van der Waals surface area contributed by atoms with E-state index in [4.69, 9.17) is 5.73 Å². The average molecular weight is 198 g/mol. The lowest BCUT2D eigenvalue weighted by molar-refractivity contribution is 0.194. The summed E-state index contributed by atoms with van der Waals surface area (Å²) in [5, 5.41) is 0. The highest BCUT2D eigenvalue weighted by atomic mass is 15.2. The van der Waals surface area contributed by atoms with Gasteiger partial charge in [-0.3, -0.25) is 4.90 Å². The van der Waals surface area contributed by atoms with Crippen molar-refractivity contribution in [1.29, 1.82) is 0 Å². The number of rotatable bonds is 4. The second-order valence-corrected chi connectivity index (χ2v) is 4.96. The molecular weight excluding hydrogens is 172 g/mol. The Morgan fingerprint density at radius 1 is 1.29 bits per heavy atom. The summed E-state index contributed by atoms with van der Waals surface area (Å²) in [6.45, 7) is 7.97. The highest BCUT2D eigenvalue weighted by Gasteiger charge is 2.19. The van der Waals surface area contributed by atoms with E-state index in [1.807, 2.05) is 0 Å². The Kier molecular flexibility index (Phi) is 5.49. The number of hydrogen-bond acceptors (Lipinski definition) is 2. The fourth-order valence-corrected chi connectivity index (χ4v) is 2.22. The van der Waals surface area contributed by atoms with Crippen molar-refractivity contribution in [3.8, 4) is 0 Å². The first-order chi connectivity index (χ1) is 6.74. The largest absolute Gasteiger partial charge is 0.329 e. The quantitative estimate of drug-likeness (QED) is 0.750. The molecule has 1 atom stereocenters. The Bertz CT molecular complexity index is 145. The zero-order chi connectivity index (χ0) is 10.4. The summed E-state index contributed by atoms with van der Waals surface area (Å²) in [6.07, 6.45) is 6.77. The molecule has 2 heteroatoms. The average Bonchev–Trinajstić information content (AvgIpc) is 2.38. The molecule has 0 saturated carbocycles. The van der Waals surface area contributed by atoms with Gasteiger partial charge in [0.25, 0.3) is 0 Å². The summed E-state index contributed by atoms with van der Waals surface area (Å²) < 4.78 is 0. The highest BCUT2D eigenvalue weighted by Crippen LogP contribution is 2.17. The molecular formula is C12H26N2. The molecule has 0 amide bonds. The zero-order valence-electron chi connectivity index (χ0n) is 9.84. The van der Waals surface area contributed by atoms with E-state index >= 15 is 0 Å². The van der Waals surface area contributed by atoms with E-state index in [2.05, 4.69) is 18.7 Å². The van der Waals surface area contributed by atoms with Crippen LogP contribution in [0.5, 0.6) is 0 Å². The van der Waals surface area contributed by atoms with Gasteiger partial charge in [0.15, 0.2) is 0 Å². The molecule has 0 bridgehead atoms. The van der Waals surface area contributed by atoms with Gasteiger partial charge in [-0.2, -0.15) is 0 Å². The van der Waals surface area contributed by atoms with E-state index in [1.54, 1.807) is 0 Å². The third-order valence-electron chi connectivity index (χ3n) is 3.26. The van der Waals surface area contributed by atoms with Crippen molar-refractivity contribution in [2.24, 2.45) is 11.7 Å². The molecule has 1 aliphatic rings. The van der Waals surface area contributed by atoms with Gasteiger partial charge in [0.2, 0.25) is 0 Å². The van der Waals surface area contributed by atoms with E-state index < -0.39 is 0 Å². The minimum absolute atomic E-state index is 0.663. The normalized spacial score (nSPS) is 25.3. The molecule has 0 aromatic carbocycles. The summed E-state index contributed by atoms with van der Waals surface area (Å²) in [4.78, 5) is 2.62. The summed E-state index contributed by atoms with van der Waals surface area (Å²) in [7, 11) is 0. The maximum atomic E-state index is 5.83. The second-order valence-electron chi connectivity index (χ2n) is 4.96. The molecule has 14 heavy (non-hydrogen) atoms. The molecule has 1 aliphatic heterocycles. The Hall–Kier alpha value is -0.0800. The summed E-state index contributed by atoms with van der Waals surface area (Å²) in [5.41, 5.74) is 5.83. The molecule has 84 valence electrons. The molecule has 2 N–H and O–H groups in total. The molecule has 1 heterocycles. The standard InChI is InChI=1S/C12H26N2/c1-11(2)7-9-14-8-5-3-4-6-12(14)10-13/h11-12H,3-10,13H2,1-2H3. The van der Waals surface area contributed by atoms with Gasteiger partial charge in [0, 0.05) is 12.6 Å². The lowest BCUT2D eigenvalue weighted by Crippen LogP contribution is -2.41. The number of hydrogen-bond donors (Lipinski definition) is 1. The Morgan fingerprint density at radius 3 is 2.71 bits per heavy atom. The summed E-state index contributed by atoms with van der Waals surface area (Å²) in [5.74, 6) is 0.816. The van der Waals surface area contributed by atoms with E-state index in [9.17, 15) is 0 Å². The van der Waals surface area contributed by atoms with Crippen LogP contribution in [0.1, 0.15) is 46.0 Å². The molecule has 1 saturated heterocycles. The third-order valence-corrected chi connectivity index (χ3v) is 3.26. The third kappa shape index (κ3) is 3.97. The minimum atomic E-state index is 0.663. The molecule has 0 aromatic rings. The van der Waals surface area contributed by atoms with Gasteiger partial charge in [-0.05, 0) is 38.3 Å². The maximum absolute atomic E-state index is 5.83. The predicted molar refractivity (Wildman–Crippen MR) is 62.3 cm³/mol. The number of nitrogens with zero attached hydrogens (tertiary/aromatic N) is 1. The van der Waals surface area contributed by atoms with Crippen LogP contribution in [0.3, 0.4) is 0 Å². The van der Waals surface area contributed by atoms with Crippen LogP contribution in [0.4, 0.5) is 0 Å². The van der Waals surface area contributed by atoms with Gasteiger partial charge >= 0.3 is 0 Å². The van der Waals surface area contributed by atoms with E-state index in [0.29, 0.717) is 6.04 Å². The Balaban J connectivity index is 2.36. The van der Waals surface area contributed by atoms with Crippen LogP contribution in [0.25, 0.3) is 0 Å². The molecule has 0 spiro atoms. The van der Waals surface area contributed by atoms with Crippen molar-refractivity contribution in [2.45, 2.75) is 52.0 Å². The first-order valence-corrected chi connectivity index (χ1v) is 6.18. The first kappa shape index (κ1) is 12.0. The second kappa shape index (κ2) is 6.41. The smallest absolute Gasteiger partial charge is 0.0218 e. The Morgan fingerprint density at radius 2 is 2.07 bits per heavy atom. The van der Waals surface area contributed by atoms with Crippen LogP contribution >= 0.6 is 0 Å². The highest BCUT2D eigenvalue weighted by molar-refractivity contribution is 4.76. The van der Waals surface area contributed by atoms with Crippen LogP contribution in [0.2, 0.25) is 0 Å².